The SMILES string of the molecule is CC(C)(C)OC(=O)N1CCN(C2CCC(NC(=O)OCc3ccccc3)CC2)CC1. The van der Waals surface area contributed by atoms with Crippen LogP contribution < -0.4 is 5.32 Å². The lowest BCUT2D eigenvalue weighted by Gasteiger charge is -2.42. The van der Waals surface area contributed by atoms with Crippen molar-refractivity contribution >= 4 is 12.2 Å². The van der Waals surface area contributed by atoms with Crippen molar-refractivity contribution in [2.24, 2.45) is 0 Å². The van der Waals surface area contributed by atoms with Crippen LogP contribution in [0.5, 0.6) is 0 Å². The number of rotatable bonds is 4. The summed E-state index contributed by atoms with van der Waals surface area (Å²) in [6.07, 6.45) is 3.46. The topological polar surface area (TPSA) is 71.1 Å². The number of nitrogens with zero attached hydrogens (tertiary/aromatic N) is 2. The summed E-state index contributed by atoms with van der Waals surface area (Å²) in [5, 5.41) is 3.01. The van der Waals surface area contributed by atoms with Crippen molar-refractivity contribution in [3.05, 3.63) is 35.9 Å². The molecule has 1 saturated carbocycles. The molecule has 0 bridgehead atoms. The van der Waals surface area contributed by atoms with Crippen LogP contribution >= 0.6 is 0 Å². The fourth-order valence-corrected chi connectivity index (χ4v) is 4.11. The molecule has 1 aliphatic carbocycles. The Morgan fingerprint density at radius 2 is 1.63 bits per heavy atom. The number of amides is 2. The average molecular weight is 418 g/mol. The smallest absolute Gasteiger partial charge is 0.410 e. The Morgan fingerprint density at radius 1 is 1.00 bits per heavy atom. The van der Waals surface area contributed by atoms with Gasteiger partial charge in [-0.15, -0.1) is 0 Å². The van der Waals surface area contributed by atoms with Crippen LogP contribution in [-0.2, 0) is 16.1 Å². The molecule has 30 heavy (non-hydrogen) atoms. The van der Waals surface area contributed by atoms with Crippen LogP contribution in [0.1, 0.15) is 52.0 Å². The van der Waals surface area contributed by atoms with Crippen LogP contribution in [0, 0.1) is 0 Å². The number of benzene rings is 1. The Hall–Kier alpha value is -2.28. The molecule has 2 aliphatic rings. The van der Waals surface area contributed by atoms with Crippen LogP contribution in [0.2, 0.25) is 0 Å². The fourth-order valence-electron chi connectivity index (χ4n) is 4.11. The quantitative estimate of drug-likeness (QED) is 0.807. The standard InChI is InChI=1S/C23H35N3O4/c1-23(2,3)30-22(28)26-15-13-25(14-16-26)20-11-9-19(10-12-20)24-21(27)29-17-18-7-5-4-6-8-18/h4-8,19-20H,9-17H2,1-3H3,(H,24,27). The molecular formula is C23H35N3O4. The molecule has 0 atom stereocenters. The normalized spacial score (nSPS) is 23.0. The third-order valence-corrected chi connectivity index (χ3v) is 5.71. The molecule has 7 nitrogen and oxygen atoms in total. The predicted molar refractivity (Wildman–Crippen MR) is 115 cm³/mol. The fraction of sp³-hybridized carbons (Fsp3) is 0.652. The van der Waals surface area contributed by atoms with Gasteiger partial charge >= 0.3 is 12.2 Å². The Balaban J connectivity index is 1.34. The van der Waals surface area contributed by atoms with E-state index in [1.54, 1.807) is 4.90 Å². The summed E-state index contributed by atoms with van der Waals surface area (Å²) in [5.74, 6) is 0. The summed E-state index contributed by atoms with van der Waals surface area (Å²) in [6.45, 7) is 9.14. The van der Waals surface area contributed by atoms with Crippen molar-refractivity contribution in [1.82, 2.24) is 15.1 Å². The molecule has 1 aromatic carbocycles. The molecule has 1 aliphatic heterocycles. The molecule has 0 spiro atoms. The summed E-state index contributed by atoms with van der Waals surface area (Å²) in [5.41, 5.74) is 0.531. The average Bonchev–Trinajstić information content (AvgIpc) is 2.72. The van der Waals surface area contributed by atoms with Gasteiger partial charge in [0.15, 0.2) is 0 Å². The van der Waals surface area contributed by atoms with Crippen LogP contribution in [0.4, 0.5) is 9.59 Å². The van der Waals surface area contributed by atoms with Crippen molar-refractivity contribution in [3.63, 3.8) is 0 Å². The summed E-state index contributed by atoms with van der Waals surface area (Å²) in [6, 6.07) is 10.4. The molecular weight excluding hydrogens is 382 g/mol. The number of piperazine rings is 1. The Morgan fingerprint density at radius 3 is 2.23 bits per heavy atom. The molecule has 2 amide bonds. The molecule has 1 heterocycles. The molecule has 1 aromatic rings. The van der Waals surface area contributed by atoms with E-state index in [-0.39, 0.29) is 18.2 Å². The predicted octanol–water partition coefficient (Wildman–Crippen LogP) is 3.78. The lowest BCUT2D eigenvalue weighted by atomic mass is 9.90. The zero-order chi connectivity index (χ0) is 21.6. The Labute approximate surface area is 179 Å². The minimum Gasteiger partial charge on any atom is -0.445 e. The molecule has 2 fully saturated rings. The Kier molecular flexibility index (Phi) is 7.58. The first-order valence-electron chi connectivity index (χ1n) is 11.0. The first kappa shape index (κ1) is 22.4. The van der Waals surface area contributed by atoms with E-state index in [0.717, 1.165) is 44.3 Å². The van der Waals surface area contributed by atoms with E-state index in [0.29, 0.717) is 25.7 Å². The van der Waals surface area contributed by atoms with Crippen molar-refractivity contribution < 1.29 is 19.1 Å². The van der Waals surface area contributed by atoms with Gasteiger partial charge in [0.05, 0.1) is 0 Å². The maximum Gasteiger partial charge on any atom is 0.410 e. The van der Waals surface area contributed by atoms with Gasteiger partial charge in [0.1, 0.15) is 12.2 Å². The van der Waals surface area contributed by atoms with Crippen molar-refractivity contribution in [2.75, 3.05) is 26.2 Å². The van der Waals surface area contributed by atoms with Gasteiger partial charge in [-0.05, 0) is 52.0 Å². The van der Waals surface area contributed by atoms with Gasteiger partial charge in [-0.3, -0.25) is 4.90 Å². The largest absolute Gasteiger partial charge is 0.445 e. The number of hydrogen-bond donors (Lipinski definition) is 1. The zero-order valence-electron chi connectivity index (χ0n) is 18.4. The number of alkyl carbamates (subject to hydrolysis) is 1. The number of carbonyl (C=O) groups is 2. The van der Waals surface area contributed by atoms with Gasteiger partial charge in [-0.1, -0.05) is 30.3 Å². The van der Waals surface area contributed by atoms with Gasteiger partial charge in [0.2, 0.25) is 0 Å². The molecule has 0 aromatic heterocycles. The van der Waals surface area contributed by atoms with Crippen LogP contribution in [0.3, 0.4) is 0 Å². The van der Waals surface area contributed by atoms with Gasteiger partial charge in [-0.25, -0.2) is 9.59 Å². The molecule has 0 radical (unpaired) electrons. The zero-order valence-corrected chi connectivity index (χ0v) is 18.4. The van der Waals surface area contributed by atoms with Crippen molar-refractivity contribution in [1.29, 1.82) is 0 Å². The minimum absolute atomic E-state index is 0.174. The second-order valence-corrected chi connectivity index (χ2v) is 9.21. The maximum atomic E-state index is 12.2. The van der Waals surface area contributed by atoms with E-state index in [4.69, 9.17) is 9.47 Å². The van der Waals surface area contributed by atoms with Gasteiger partial charge < -0.3 is 19.7 Å². The maximum absolute atomic E-state index is 12.2. The highest BCUT2D eigenvalue weighted by atomic mass is 16.6. The second-order valence-electron chi connectivity index (χ2n) is 9.21. The van der Waals surface area contributed by atoms with E-state index in [1.807, 2.05) is 51.1 Å². The first-order valence-corrected chi connectivity index (χ1v) is 11.0. The first-order chi connectivity index (χ1) is 14.3. The lowest BCUT2D eigenvalue weighted by molar-refractivity contribution is 0.00771. The minimum atomic E-state index is -0.457. The summed E-state index contributed by atoms with van der Waals surface area (Å²) in [7, 11) is 0. The van der Waals surface area contributed by atoms with E-state index < -0.39 is 5.60 Å². The van der Waals surface area contributed by atoms with Crippen LogP contribution in [0.25, 0.3) is 0 Å². The van der Waals surface area contributed by atoms with E-state index in [1.165, 1.54) is 0 Å². The highest BCUT2D eigenvalue weighted by Crippen LogP contribution is 2.24. The summed E-state index contributed by atoms with van der Waals surface area (Å²) < 4.78 is 10.8. The number of carbonyl (C=O) groups excluding carboxylic acids is 2. The van der Waals surface area contributed by atoms with Gasteiger partial charge in [0, 0.05) is 38.3 Å². The van der Waals surface area contributed by atoms with E-state index in [9.17, 15) is 9.59 Å². The molecule has 0 unspecified atom stereocenters. The molecule has 7 heteroatoms. The molecule has 166 valence electrons. The molecule has 3 rings (SSSR count). The summed E-state index contributed by atoms with van der Waals surface area (Å²) >= 11 is 0. The van der Waals surface area contributed by atoms with Gasteiger partial charge in [-0.2, -0.15) is 0 Å². The Bertz CT molecular complexity index is 688. The third-order valence-electron chi connectivity index (χ3n) is 5.71. The molecule has 1 saturated heterocycles. The van der Waals surface area contributed by atoms with Crippen molar-refractivity contribution in [3.8, 4) is 0 Å². The van der Waals surface area contributed by atoms with E-state index >= 15 is 0 Å². The number of ether oxygens (including phenoxy) is 2. The summed E-state index contributed by atoms with van der Waals surface area (Å²) in [4.78, 5) is 28.6. The number of nitrogens with one attached hydrogen (secondary N) is 1. The molecule has 1 N–H and O–H groups in total. The second kappa shape index (κ2) is 10.2. The van der Waals surface area contributed by atoms with Crippen LogP contribution in [0.15, 0.2) is 30.3 Å². The van der Waals surface area contributed by atoms with Gasteiger partial charge in [0.25, 0.3) is 0 Å². The van der Waals surface area contributed by atoms with Crippen LogP contribution in [-0.4, -0.2) is 65.9 Å². The number of hydrogen-bond acceptors (Lipinski definition) is 5. The van der Waals surface area contributed by atoms with Crippen molar-refractivity contribution in [2.45, 2.75) is 70.7 Å². The van der Waals surface area contributed by atoms with E-state index in [2.05, 4.69) is 10.2 Å². The lowest BCUT2D eigenvalue weighted by Crippen LogP contribution is -2.54. The highest BCUT2D eigenvalue weighted by molar-refractivity contribution is 5.68. The third kappa shape index (κ3) is 6.90. The monoisotopic (exact) mass is 417 g/mol. The highest BCUT2D eigenvalue weighted by Gasteiger charge is 2.31.